The standard InChI is InChI=1S/C22H29N5S/c1-27(2)21-19-5-3-4-6-20(19)25-22(26-21)24-18-9-7-16(8-10-18)13-23-14-17-11-12-28-15-17/h3-6,11-12,15-16,18,23H,7-10,13-14H2,1-2H3,(H,24,25,26)/t16-,18+. The van der Waals surface area contributed by atoms with Gasteiger partial charge in [-0.25, -0.2) is 4.98 Å². The molecule has 1 aliphatic carbocycles. The molecule has 0 bridgehead atoms. The molecule has 28 heavy (non-hydrogen) atoms. The average Bonchev–Trinajstić information content (AvgIpc) is 3.22. The van der Waals surface area contributed by atoms with E-state index < -0.39 is 0 Å². The Morgan fingerprint density at radius 1 is 1.07 bits per heavy atom. The van der Waals surface area contributed by atoms with Gasteiger partial charge in [-0.2, -0.15) is 16.3 Å². The smallest absolute Gasteiger partial charge is 0.225 e. The number of thiophene rings is 1. The van der Waals surface area contributed by atoms with Gasteiger partial charge < -0.3 is 15.5 Å². The Balaban J connectivity index is 1.32. The van der Waals surface area contributed by atoms with Crippen molar-refractivity contribution in [3.05, 3.63) is 46.7 Å². The fourth-order valence-electron chi connectivity index (χ4n) is 3.97. The second kappa shape index (κ2) is 8.88. The summed E-state index contributed by atoms with van der Waals surface area (Å²) in [5.74, 6) is 2.49. The molecule has 0 unspecified atom stereocenters. The van der Waals surface area contributed by atoms with Gasteiger partial charge in [0.25, 0.3) is 0 Å². The minimum Gasteiger partial charge on any atom is -0.362 e. The number of hydrogen-bond acceptors (Lipinski definition) is 6. The maximum absolute atomic E-state index is 4.78. The zero-order valence-corrected chi connectivity index (χ0v) is 17.5. The summed E-state index contributed by atoms with van der Waals surface area (Å²) in [6, 6.07) is 10.9. The number of hydrogen-bond donors (Lipinski definition) is 2. The lowest BCUT2D eigenvalue weighted by atomic mass is 9.86. The van der Waals surface area contributed by atoms with Crippen LogP contribution in [0.5, 0.6) is 0 Å². The quantitative estimate of drug-likeness (QED) is 0.616. The van der Waals surface area contributed by atoms with Gasteiger partial charge in [0.15, 0.2) is 0 Å². The molecule has 1 saturated carbocycles. The Hall–Kier alpha value is -2.18. The maximum atomic E-state index is 4.78. The van der Waals surface area contributed by atoms with E-state index in [0.29, 0.717) is 6.04 Å². The van der Waals surface area contributed by atoms with Crippen LogP contribution in [-0.2, 0) is 6.54 Å². The first kappa shape index (κ1) is 19.2. The summed E-state index contributed by atoms with van der Waals surface area (Å²) in [7, 11) is 4.07. The molecule has 1 aliphatic rings. The summed E-state index contributed by atoms with van der Waals surface area (Å²) in [5.41, 5.74) is 2.39. The number of benzene rings is 1. The lowest BCUT2D eigenvalue weighted by Gasteiger charge is -2.29. The highest BCUT2D eigenvalue weighted by Gasteiger charge is 2.22. The van der Waals surface area contributed by atoms with E-state index in [1.165, 1.54) is 31.2 Å². The monoisotopic (exact) mass is 395 g/mol. The zero-order valence-electron chi connectivity index (χ0n) is 16.7. The van der Waals surface area contributed by atoms with Crippen LogP contribution in [-0.4, -0.2) is 36.6 Å². The van der Waals surface area contributed by atoms with E-state index in [2.05, 4.69) is 44.5 Å². The first-order valence-electron chi connectivity index (χ1n) is 10.1. The third-order valence-electron chi connectivity index (χ3n) is 5.53. The van der Waals surface area contributed by atoms with Crippen LogP contribution in [0.3, 0.4) is 0 Å². The van der Waals surface area contributed by atoms with E-state index in [4.69, 9.17) is 9.97 Å². The Bertz CT molecular complexity index is 885. The highest BCUT2D eigenvalue weighted by atomic mass is 32.1. The summed E-state index contributed by atoms with van der Waals surface area (Å²) in [5, 5.41) is 12.7. The van der Waals surface area contributed by atoms with Crippen molar-refractivity contribution in [1.29, 1.82) is 0 Å². The second-order valence-corrected chi connectivity index (χ2v) is 8.69. The van der Waals surface area contributed by atoms with Gasteiger partial charge in [0.1, 0.15) is 5.82 Å². The highest BCUT2D eigenvalue weighted by Crippen LogP contribution is 2.28. The van der Waals surface area contributed by atoms with E-state index in [1.807, 2.05) is 26.2 Å². The van der Waals surface area contributed by atoms with Gasteiger partial charge in [-0.1, -0.05) is 12.1 Å². The summed E-state index contributed by atoms with van der Waals surface area (Å²) in [6.07, 6.45) is 4.86. The van der Waals surface area contributed by atoms with E-state index in [-0.39, 0.29) is 0 Å². The first-order chi connectivity index (χ1) is 13.7. The summed E-state index contributed by atoms with van der Waals surface area (Å²) in [6.45, 7) is 2.10. The molecule has 0 saturated heterocycles. The van der Waals surface area contributed by atoms with Crippen molar-refractivity contribution in [2.75, 3.05) is 30.9 Å². The number of rotatable bonds is 7. The van der Waals surface area contributed by atoms with Gasteiger partial charge in [0, 0.05) is 32.1 Å². The molecule has 2 N–H and O–H groups in total. The molecule has 1 fully saturated rings. The van der Waals surface area contributed by atoms with Gasteiger partial charge in [-0.05, 0) is 72.7 Å². The first-order valence-corrected chi connectivity index (χ1v) is 11.1. The van der Waals surface area contributed by atoms with Gasteiger partial charge in [0.2, 0.25) is 5.95 Å². The molecule has 0 aliphatic heterocycles. The fraction of sp³-hybridized carbons (Fsp3) is 0.455. The molecule has 148 valence electrons. The van der Waals surface area contributed by atoms with E-state index in [1.54, 1.807) is 11.3 Å². The van der Waals surface area contributed by atoms with Crippen molar-refractivity contribution in [2.24, 2.45) is 5.92 Å². The Labute approximate surface area is 171 Å². The van der Waals surface area contributed by atoms with Crippen LogP contribution in [0.25, 0.3) is 10.9 Å². The van der Waals surface area contributed by atoms with Crippen LogP contribution in [0.15, 0.2) is 41.1 Å². The third kappa shape index (κ3) is 4.62. The molecule has 0 radical (unpaired) electrons. The lowest BCUT2D eigenvalue weighted by molar-refractivity contribution is 0.324. The van der Waals surface area contributed by atoms with Gasteiger partial charge in [-0.15, -0.1) is 0 Å². The third-order valence-corrected chi connectivity index (χ3v) is 6.26. The largest absolute Gasteiger partial charge is 0.362 e. The number of para-hydroxylation sites is 1. The molecule has 0 atom stereocenters. The average molecular weight is 396 g/mol. The van der Waals surface area contributed by atoms with Crippen molar-refractivity contribution in [1.82, 2.24) is 15.3 Å². The number of nitrogens with zero attached hydrogens (tertiary/aromatic N) is 3. The molecule has 0 spiro atoms. The van der Waals surface area contributed by atoms with E-state index in [9.17, 15) is 0 Å². The molecule has 5 nitrogen and oxygen atoms in total. The fourth-order valence-corrected chi connectivity index (χ4v) is 4.64. The topological polar surface area (TPSA) is 53.1 Å². The Kier molecular flexibility index (Phi) is 6.07. The van der Waals surface area contributed by atoms with Crippen molar-refractivity contribution >= 4 is 34.0 Å². The zero-order chi connectivity index (χ0) is 19.3. The molecular weight excluding hydrogens is 366 g/mol. The molecule has 6 heteroatoms. The maximum Gasteiger partial charge on any atom is 0.225 e. The van der Waals surface area contributed by atoms with E-state index in [0.717, 1.165) is 41.7 Å². The summed E-state index contributed by atoms with van der Waals surface area (Å²) >= 11 is 1.77. The van der Waals surface area contributed by atoms with Crippen molar-refractivity contribution < 1.29 is 0 Å². The molecule has 1 aromatic carbocycles. The van der Waals surface area contributed by atoms with Gasteiger partial charge >= 0.3 is 0 Å². The molecule has 2 heterocycles. The highest BCUT2D eigenvalue weighted by molar-refractivity contribution is 7.07. The summed E-state index contributed by atoms with van der Waals surface area (Å²) in [4.78, 5) is 11.6. The minimum absolute atomic E-state index is 0.462. The minimum atomic E-state index is 0.462. The molecular formula is C22H29N5S. The summed E-state index contributed by atoms with van der Waals surface area (Å²) < 4.78 is 0. The van der Waals surface area contributed by atoms with Crippen LogP contribution in [0.2, 0.25) is 0 Å². The number of nitrogens with one attached hydrogen (secondary N) is 2. The van der Waals surface area contributed by atoms with E-state index >= 15 is 0 Å². The van der Waals surface area contributed by atoms with Crippen molar-refractivity contribution in [2.45, 2.75) is 38.3 Å². The molecule has 4 rings (SSSR count). The van der Waals surface area contributed by atoms with Crippen LogP contribution in [0.1, 0.15) is 31.2 Å². The Morgan fingerprint density at radius 2 is 1.89 bits per heavy atom. The van der Waals surface area contributed by atoms with Crippen LogP contribution in [0.4, 0.5) is 11.8 Å². The Morgan fingerprint density at radius 3 is 2.64 bits per heavy atom. The lowest BCUT2D eigenvalue weighted by Crippen LogP contribution is -2.31. The molecule has 0 amide bonds. The normalized spacial score (nSPS) is 19.6. The predicted octanol–water partition coefficient (Wildman–Crippen LogP) is 4.52. The number of aromatic nitrogens is 2. The van der Waals surface area contributed by atoms with Crippen molar-refractivity contribution in [3.8, 4) is 0 Å². The van der Waals surface area contributed by atoms with Crippen LogP contribution >= 0.6 is 11.3 Å². The second-order valence-electron chi connectivity index (χ2n) is 7.91. The molecule has 2 aromatic heterocycles. The number of fused-ring (bicyclic) bond motifs is 1. The molecule has 3 aromatic rings. The predicted molar refractivity (Wildman–Crippen MR) is 119 cm³/mol. The van der Waals surface area contributed by atoms with Gasteiger partial charge in [0.05, 0.1) is 5.52 Å². The van der Waals surface area contributed by atoms with Crippen LogP contribution in [0, 0.1) is 5.92 Å². The number of anilines is 2. The van der Waals surface area contributed by atoms with Gasteiger partial charge in [-0.3, -0.25) is 0 Å². The van der Waals surface area contributed by atoms with Crippen LogP contribution < -0.4 is 15.5 Å². The van der Waals surface area contributed by atoms with Crippen molar-refractivity contribution in [3.63, 3.8) is 0 Å². The SMILES string of the molecule is CN(C)c1nc(N[C@H]2CC[C@@H](CNCc3ccsc3)CC2)nc2ccccc12.